The summed E-state index contributed by atoms with van der Waals surface area (Å²) < 4.78 is 0. The number of rotatable bonds is 0. The van der Waals surface area contributed by atoms with E-state index < -0.39 is 0 Å². The van der Waals surface area contributed by atoms with Crippen LogP contribution >= 0.6 is 11.8 Å². The predicted octanol–water partition coefficient (Wildman–Crippen LogP) is 2.58. The van der Waals surface area contributed by atoms with Crippen molar-refractivity contribution in [3.8, 4) is 0 Å². The van der Waals surface area contributed by atoms with Gasteiger partial charge in [-0.1, -0.05) is 17.7 Å². The van der Waals surface area contributed by atoms with Crippen LogP contribution in [0.5, 0.6) is 0 Å². The van der Waals surface area contributed by atoms with Crippen molar-refractivity contribution >= 4 is 11.8 Å². The summed E-state index contributed by atoms with van der Waals surface area (Å²) in [5.74, 6) is 1.16. The SMILES string of the molecule is CC1=CCSC(C)=C1. The second kappa shape index (κ2) is 2.40. The van der Waals surface area contributed by atoms with Crippen molar-refractivity contribution in [1.82, 2.24) is 0 Å². The van der Waals surface area contributed by atoms with E-state index in [1.54, 1.807) is 0 Å². The normalized spacial score (nSPS) is 19.8. The lowest BCUT2D eigenvalue weighted by atomic mass is 10.3. The molecular formula is C7H10S. The van der Waals surface area contributed by atoms with Gasteiger partial charge >= 0.3 is 0 Å². The standard InChI is InChI=1S/C7H10S/c1-6-3-4-8-7(2)5-6/h3,5H,4H2,1-2H3. The molecule has 0 fully saturated rings. The van der Waals surface area contributed by atoms with Crippen molar-refractivity contribution in [3.63, 3.8) is 0 Å². The Bertz CT molecular complexity index is 142. The summed E-state index contributed by atoms with van der Waals surface area (Å²) in [4.78, 5) is 1.44. The zero-order valence-electron chi connectivity index (χ0n) is 5.27. The Morgan fingerprint density at radius 1 is 1.50 bits per heavy atom. The van der Waals surface area contributed by atoms with Crippen LogP contribution in [-0.2, 0) is 0 Å². The molecule has 1 heteroatoms. The largest absolute Gasteiger partial charge is 0.127 e. The fourth-order valence-corrected chi connectivity index (χ4v) is 1.60. The van der Waals surface area contributed by atoms with Gasteiger partial charge in [-0.3, -0.25) is 0 Å². The van der Waals surface area contributed by atoms with Crippen molar-refractivity contribution in [2.75, 3.05) is 5.75 Å². The minimum absolute atomic E-state index is 1.16. The molecule has 0 aromatic carbocycles. The number of hydrogen-bond acceptors (Lipinski definition) is 1. The lowest BCUT2D eigenvalue weighted by Gasteiger charge is -2.04. The van der Waals surface area contributed by atoms with Crippen molar-refractivity contribution < 1.29 is 0 Å². The third-order valence-corrected chi connectivity index (χ3v) is 2.05. The molecule has 0 aromatic rings. The second-order valence-corrected chi connectivity index (χ2v) is 3.28. The number of thioether (sulfide) groups is 1. The van der Waals surface area contributed by atoms with Crippen LogP contribution in [0.25, 0.3) is 0 Å². The minimum Gasteiger partial charge on any atom is -0.127 e. The van der Waals surface area contributed by atoms with Gasteiger partial charge in [0.2, 0.25) is 0 Å². The van der Waals surface area contributed by atoms with Crippen LogP contribution in [0.4, 0.5) is 0 Å². The molecule has 0 bridgehead atoms. The highest BCUT2D eigenvalue weighted by Gasteiger charge is 1.95. The highest BCUT2D eigenvalue weighted by Crippen LogP contribution is 2.21. The van der Waals surface area contributed by atoms with Gasteiger partial charge in [-0.25, -0.2) is 0 Å². The Hall–Kier alpha value is -0.170. The van der Waals surface area contributed by atoms with Gasteiger partial charge in [-0.15, -0.1) is 11.8 Å². The van der Waals surface area contributed by atoms with E-state index in [1.807, 2.05) is 11.8 Å². The van der Waals surface area contributed by atoms with Gasteiger partial charge in [0.1, 0.15) is 0 Å². The van der Waals surface area contributed by atoms with E-state index in [2.05, 4.69) is 26.0 Å². The van der Waals surface area contributed by atoms with Crippen LogP contribution in [0.1, 0.15) is 13.8 Å². The van der Waals surface area contributed by atoms with Gasteiger partial charge in [-0.05, 0) is 18.8 Å². The Morgan fingerprint density at radius 3 is 2.62 bits per heavy atom. The van der Waals surface area contributed by atoms with E-state index >= 15 is 0 Å². The third kappa shape index (κ3) is 1.41. The molecule has 0 atom stereocenters. The van der Waals surface area contributed by atoms with E-state index in [9.17, 15) is 0 Å². The molecule has 1 rings (SSSR count). The van der Waals surface area contributed by atoms with E-state index in [-0.39, 0.29) is 0 Å². The molecule has 1 heterocycles. The van der Waals surface area contributed by atoms with Gasteiger partial charge in [0.05, 0.1) is 0 Å². The zero-order chi connectivity index (χ0) is 5.98. The Morgan fingerprint density at radius 2 is 2.25 bits per heavy atom. The van der Waals surface area contributed by atoms with Crippen molar-refractivity contribution in [2.24, 2.45) is 0 Å². The van der Waals surface area contributed by atoms with Crippen LogP contribution in [0.2, 0.25) is 0 Å². The molecule has 0 amide bonds. The molecule has 0 spiro atoms. The fourth-order valence-electron chi connectivity index (χ4n) is 0.726. The van der Waals surface area contributed by atoms with Crippen LogP contribution < -0.4 is 0 Å². The Balaban J connectivity index is 2.69. The molecular weight excluding hydrogens is 116 g/mol. The summed E-state index contributed by atoms with van der Waals surface area (Å²) in [5.41, 5.74) is 1.40. The van der Waals surface area contributed by atoms with Crippen molar-refractivity contribution in [3.05, 3.63) is 22.6 Å². The molecule has 1 aliphatic heterocycles. The maximum Gasteiger partial charge on any atom is 0.0163 e. The van der Waals surface area contributed by atoms with Crippen molar-refractivity contribution in [1.29, 1.82) is 0 Å². The summed E-state index contributed by atoms with van der Waals surface area (Å²) in [5, 5.41) is 0. The molecule has 0 saturated heterocycles. The lowest BCUT2D eigenvalue weighted by molar-refractivity contribution is 1.43. The highest BCUT2D eigenvalue weighted by molar-refractivity contribution is 8.03. The van der Waals surface area contributed by atoms with E-state index in [0.29, 0.717) is 0 Å². The van der Waals surface area contributed by atoms with Crippen LogP contribution in [0.15, 0.2) is 22.6 Å². The van der Waals surface area contributed by atoms with E-state index in [0.717, 1.165) is 5.75 Å². The van der Waals surface area contributed by atoms with Gasteiger partial charge in [0, 0.05) is 5.75 Å². The molecule has 0 saturated carbocycles. The third-order valence-electron chi connectivity index (χ3n) is 1.15. The van der Waals surface area contributed by atoms with Gasteiger partial charge in [0.15, 0.2) is 0 Å². The first-order valence-corrected chi connectivity index (χ1v) is 3.75. The molecule has 0 aromatic heterocycles. The molecule has 0 N–H and O–H groups in total. The molecule has 44 valence electrons. The Kier molecular flexibility index (Phi) is 1.79. The highest BCUT2D eigenvalue weighted by atomic mass is 32.2. The summed E-state index contributed by atoms with van der Waals surface area (Å²) in [6.07, 6.45) is 4.46. The lowest BCUT2D eigenvalue weighted by Crippen LogP contribution is -1.82. The molecule has 0 unspecified atom stereocenters. The molecule has 0 radical (unpaired) electrons. The summed E-state index contributed by atoms with van der Waals surface area (Å²) in [7, 11) is 0. The summed E-state index contributed by atoms with van der Waals surface area (Å²) >= 11 is 1.91. The average molecular weight is 126 g/mol. The smallest absolute Gasteiger partial charge is 0.0163 e. The first-order chi connectivity index (χ1) is 3.79. The Labute approximate surface area is 54.7 Å². The first-order valence-electron chi connectivity index (χ1n) is 2.77. The van der Waals surface area contributed by atoms with Gasteiger partial charge < -0.3 is 0 Å². The maximum atomic E-state index is 2.25. The monoisotopic (exact) mass is 126 g/mol. The molecule has 8 heavy (non-hydrogen) atoms. The van der Waals surface area contributed by atoms with E-state index in [1.165, 1.54) is 10.5 Å². The molecule has 0 nitrogen and oxygen atoms in total. The van der Waals surface area contributed by atoms with Crippen LogP contribution in [0.3, 0.4) is 0 Å². The minimum atomic E-state index is 1.16. The molecule has 1 aliphatic rings. The van der Waals surface area contributed by atoms with Crippen LogP contribution in [-0.4, -0.2) is 5.75 Å². The zero-order valence-corrected chi connectivity index (χ0v) is 6.09. The number of hydrogen-bond donors (Lipinski definition) is 0. The average Bonchev–Trinajstić information content (AvgIpc) is 1.64. The van der Waals surface area contributed by atoms with Gasteiger partial charge in [0.25, 0.3) is 0 Å². The number of allylic oxidation sites excluding steroid dienone is 3. The quantitative estimate of drug-likeness (QED) is 0.480. The topological polar surface area (TPSA) is 0 Å². The maximum absolute atomic E-state index is 2.25. The first kappa shape index (κ1) is 5.96. The van der Waals surface area contributed by atoms with Crippen LogP contribution in [0, 0.1) is 0 Å². The van der Waals surface area contributed by atoms with Crippen molar-refractivity contribution in [2.45, 2.75) is 13.8 Å². The van der Waals surface area contributed by atoms with E-state index in [4.69, 9.17) is 0 Å². The summed E-state index contributed by atoms with van der Waals surface area (Å²) in [6, 6.07) is 0. The van der Waals surface area contributed by atoms with Gasteiger partial charge in [-0.2, -0.15) is 0 Å². The second-order valence-electron chi connectivity index (χ2n) is 2.01. The molecule has 0 aliphatic carbocycles. The summed E-state index contributed by atoms with van der Waals surface area (Å²) in [6.45, 7) is 4.30. The predicted molar refractivity (Wildman–Crippen MR) is 40.0 cm³/mol. The fraction of sp³-hybridized carbons (Fsp3) is 0.429.